The van der Waals surface area contributed by atoms with Gasteiger partial charge in [0.15, 0.2) is 0 Å². The van der Waals surface area contributed by atoms with Crippen LogP contribution in [-0.2, 0) is 14.3 Å². The summed E-state index contributed by atoms with van der Waals surface area (Å²) in [5, 5.41) is 12.2. The maximum absolute atomic E-state index is 12.7. The first-order valence-corrected chi connectivity index (χ1v) is 11.6. The van der Waals surface area contributed by atoms with Gasteiger partial charge in [-0.05, 0) is 41.5 Å². The third-order valence-electron chi connectivity index (χ3n) is 6.58. The lowest BCUT2D eigenvalue weighted by Gasteiger charge is -2.25. The van der Waals surface area contributed by atoms with Crippen molar-refractivity contribution >= 4 is 18.0 Å². The molecule has 0 radical (unpaired) electrons. The van der Waals surface area contributed by atoms with Gasteiger partial charge in [0.05, 0.1) is 0 Å². The first kappa shape index (κ1) is 22.8. The van der Waals surface area contributed by atoms with Crippen LogP contribution in [0.4, 0.5) is 4.79 Å². The van der Waals surface area contributed by atoms with Gasteiger partial charge < -0.3 is 20.1 Å². The summed E-state index contributed by atoms with van der Waals surface area (Å²) in [6.07, 6.45) is 2.06. The highest BCUT2D eigenvalue weighted by Gasteiger charge is 2.35. The van der Waals surface area contributed by atoms with E-state index in [-0.39, 0.29) is 24.9 Å². The molecule has 1 fully saturated rings. The minimum atomic E-state index is -0.975. The number of rotatable bonds is 8. The number of hydrogen-bond donors (Lipinski definition) is 2. The third-order valence-corrected chi connectivity index (χ3v) is 6.58. The largest absolute Gasteiger partial charge is 0.480 e. The van der Waals surface area contributed by atoms with Gasteiger partial charge in [0, 0.05) is 24.9 Å². The number of carbonyl (C=O) groups excluding carboxylic acids is 2. The molecule has 7 heteroatoms. The first-order valence-electron chi connectivity index (χ1n) is 11.6. The number of likely N-dealkylation sites (tertiary alicyclic amines) is 1. The summed E-state index contributed by atoms with van der Waals surface area (Å²) in [6, 6.07) is 15.1. The van der Waals surface area contributed by atoms with E-state index in [9.17, 15) is 19.5 Å². The second kappa shape index (κ2) is 10.1. The van der Waals surface area contributed by atoms with Crippen molar-refractivity contribution in [2.24, 2.45) is 0 Å². The molecule has 2 atom stereocenters. The molecule has 2 aromatic carbocycles. The van der Waals surface area contributed by atoms with Gasteiger partial charge in [-0.2, -0.15) is 0 Å². The summed E-state index contributed by atoms with van der Waals surface area (Å²) < 4.78 is 5.61. The maximum Gasteiger partial charge on any atom is 0.407 e. The van der Waals surface area contributed by atoms with Gasteiger partial charge in [0.25, 0.3) is 0 Å². The molecule has 2 N–H and O–H groups in total. The Kier molecular flexibility index (Phi) is 6.96. The molecule has 0 aromatic heterocycles. The fourth-order valence-electron chi connectivity index (χ4n) is 5.03. The molecule has 2 unspecified atom stereocenters. The highest BCUT2D eigenvalue weighted by molar-refractivity contribution is 5.85. The number of amides is 2. The van der Waals surface area contributed by atoms with Gasteiger partial charge in [-0.25, -0.2) is 9.59 Å². The topological polar surface area (TPSA) is 95.9 Å². The standard InChI is InChI=1S/C26H30N2O5/c1-2-8-17(15-24(29)28-14-7-13-23(28)25(30)31)27-26(32)33-16-22-20-11-5-3-9-18(20)19-10-4-6-12-21(19)22/h3-6,9-12,17,22-23H,2,7-8,13-16H2,1H3,(H,27,32)(H,30,31). The van der Waals surface area contributed by atoms with Crippen LogP contribution in [0.25, 0.3) is 11.1 Å². The molecular formula is C26H30N2O5. The summed E-state index contributed by atoms with van der Waals surface area (Å²) >= 11 is 0. The van der Waals surface area contributed by atoms with E-state index in [1.165, 1.54) is 4.90 Å². The minimum Gasteiger partial charge on any atom is -0.480 e. The van der Waals surface area contributed by atoms with E-state index in [1.807, 2.05) is 31.2 Å². The van der Waals surface area contributed by atoms with Crippen LogP contribution in [0.5, 0.6) is 0 Å². The smallest absolute Gasteiger partial charge is 0.407 e. The van der Waals surface area contributed by atoms with E-state index in [2.05, 4.69) is 29.6 Å². The van der Waals surface area contributed by atoms with Crippen molar-refractivity contribution in [1.82, 2.24) is 10.2 Å². The molecule has 0 bridgehead atoms. The van der Waals surface area contributed by atoms with Crippen molar-refractivity contribution < 1.29 is 24.2 Å². The summed E-state index contributed by atoms with van der Waals surface area (Å²) in [5.41, 5.74) is 4.60. The Morgan fingerprint density at radius 2 is 1.73 bits per heavy atom. The average Bonchev–Trinajstić information content (AvgIpc) is 3.42. The molecular weight excluding hydrogens is 420 g/mol. The molecule has 2 aliphatic rings. The Hall–Kier alpha value is -3.35. The zero-order chi connectivity index (χ0) is 23.4. The van der Waals surface area contributed by atoms with Gasteiger partial charge >= 0.3 is 12.1 Å². The van der Waals surface area contributed by atoms with Gasteiger partial charge in [-0.1, -0.05) is 61.9 Å². The summed E-state index contributed by atoms with van der Waals surface area (Å²) in [5.74, 6) is -1.25. The Balaban J connectivity index is 1.37. The van der Waals surface area contributed by atoms with Crippen LogP contribution < -0.4 is 5.32 Å². The van der Waals surface area contributed by atoms with E-state index in [0.717, 1.165) is 28.7 Å². The molecule has 1 saturated heterocycles. The molecule has 0 saturated carbocycles. The monoisotopic (exact) mass is 450 g/mol. The van der Waals surface area contributed by atoms with Gasteiger partial charge in [-0.3, -0.25) is 4.79 Å². The van der Waals surface area contributed by atoms with E-state index < -0.39 is 24.1 Å². The number of nitrogens with zero attached hydrogens (tertiary/aromatic N) is 1. The number of aliphatic carboxylic acids is 1. The molecule has 4 rings (SSSR count). The number of carboxylic acid groups (broad SMARTS) is 1. The maximum atomic E-state index is 12.7. The van der Waals surface area contributed by atoms with Crippen molar-refractivity contribution in [3.05, 3.63) is 59.7 Å². The minimum absolute atomic E-state index is 0.0321. The van der Waals surface area contributed by atoms with Crippen LogP contribution in [0.3, 0.4) is 0 Å². The Morgan fingerprint density at radius 3 is 2.33 bits per heavy atom. The number of hydrogen-bond acceptors (Lipinski definition) is 4. The molecule has 7 nitrogen and oxygen atoms in total. The second-order valence-electron chi connectivity index (χ2n) is 8.74. The predicted octanol–water partition coefficient (Wildman–Crippen LogP) is 4.16. The molecule has 2 amide bonds. The number of carbonyl (C=O) groups is 3. The Labute approximate surface area is 193 Å². The van der Waals surface area contributed by atoms with Gasteiger partial charge in [0.1, 0.15) is 12.6 Å². The van der Waals surface area contributed by atoms with Crippen molar-refractivity contribution in [1.29, 1.82) is 0 Å². The lowest BCUT2D eigenvalue weighted by Crippen LogP contribution is -2.44. The molecule has 1 aliphatic heterocycles. The first-order chi connectivity index (χ1) is 16.0. The van der Waals surface area contributed by atoms with Crippen LogP contribution in [0.15, 0.2) is 48.5 Å². The molecule has 2 aromatic rings. The molecule has 1 aliphatic carbocycles. The molecule has 0 spiro atoms. The van der Waals surface area contributed by atoms with E-state index >= 15 is 0 Å². The SMILES string of the molecule is CCCC(CC(=O)N1CCCC1C(=O)O)NC(=O)OCC1c2ccccc2-c2ccccc21. The zero-order valence-corrected chi connectivity index (χ0v) is 18.8. The summed E-state index contributed by atoms with van der Waals surface area (Å²) in [6.45, 7) is 2.63. The lowest BCUT2D eigenvalue weighted by atomic mass is 9.98. The summed E-state index contributed by atoms with van der Waals surface area (Å²) in [7, 11) is 0. The van der Waals surface area contributed by atoms with E-state index in [4.69, 9.17) is 4.74 Å². The van der Waals surface area contributed by atoms with Crippen LogP contribution in [-0.4, -0.2) is 53.2 Å². The number of ether oxygens (including phenoxy) is 1. The van der Waals surface area contributed by atoms with Crippen molar-refractivity contribution in [2.45, 2.75) is 57.0 Å². The quantitative estimate of drug-likeness (QED) is 0.630. The number of fused-ring (bicyclic) bond motifs is 3. The Bertz CT molecular complexity index is 991. The molecule has 33 heavy (non-hydrogen) atoms. The Morgan fingerprint density at radius 1 is 1.09 bits per heavy atom. The number of nitrogens with one attached hydrogen (secondary N) is 1. The van der Waals surface area contributed by atoms with E-state index in [1.54, 1.807) is 0 Å². The number of carboxylic acids is 1. The average molecular weight is 451 g/mol. The second-order valence-corrected chi connectivity index (χ2v) is 8.74. The van der Waals surface area contributed by atoms with Crippen LogP contribution in [0.1, 0.15) is 56.1 Å². The van der Waals surface area contributed by atoms with Crippen LogP contribution >= 0.6 is 0 Å². The zero-order valence-electron chi connectivity index (χ0n) is 18.8. The normalized spacial score (nSPS) is 17.8. The van der Waals surface area contributed by atoms with Crippen molar-refractivity contribution in [3.8, 4) is 11.1 Å². The number of alkyl carbamates (subject to hydrolysis) is 1. The highest BCUT2D eigenvalue weighted by atomic mass is 16.5. The van der Waals surface area contributed by atoms with Crippen LogP contribution in [0, 0.1) is 0 Å². The van der Waals surface area contributed by atoms with Gasteiger partial charge in [-0.15, -0.1) is 0 Å². The lowest BCUT2D eigenvalue weighted by molar-refractivity contribution is -0.148. The van der Waals surface area contributed by atoms with Crippen molar-refractivity contribution in [2.75, 3.05) is 13.2 Å². The van der Waals surface area contributed by atoms with E-state index in [0.29, 0.717) is 25.8 Å². The van der Waals surface area contributed by atoms with Crippen LogP contribution in [0.2, 0.25) is 0 Å². The summed E-state index contributed by atoms with van der Waals surface area (Å²) in [4.78, 5) is 38.2. The number of benzene rings is 2. The molecule has 174 valence electrons. The highest BCUT2D eigenvalue weighted by Crippen LogP contribution is 2.44. The van der Waals surface area contributed by atoms with Crippen molar-refractivity contribution in [3.63, 3.8) is 0 Å². The van der Waals surface area contributed by atoms with Gasteiger partial charge in [0.2, 0.25) is 5.91 Å². The predicted molar refractivity (Wildman–Crippen MR) is 124 cm³/mol. The molecule has 1 heterocycles. The fraction of sp³-hybridized carbons (Fsp3) is 0.423. The third kappa shape index (κ3) is 4.87. The fourth-order valence-corrected chi connectivity index (χ4v) is 5.03.